The second-order valence-corrected chi connectivity index (χ2v) is 10.2. The van der Waals surface area contributed by atoms with Crippen molar-refractivity contribution in [3.8, 4) is 0 Å². The van der Waals surface area contributed by atoms with Gasteiger partial charge >= 0.3 is 0 Å². The fraction of sp³-hybridized carbons (Fsp3) is 0.333. The van der Waals surface area contributed by atoms with E-state index in [1.54, 1.807) is 24.3 Å². The Morgan fingerprint density at radius 1 is 1.26 bits per heavy atom. The summed E-state index contributed by atoms with van der Waals surface area (Å²) in [5, 5.41) is 0.111. The molecule has 1 saturated heterocycles. The van der Waals surface area contributed by atoms with Crippen LogP contribution in [0.1, 0.15) is 49.8 Å². The lowest BCUT2D eigenvalue weighted by Crippen LogP contribution is -2.45. The van der Waals surface area contributed by atoms with E-state index in [4.69, 9.17) is 11.6 Å². The minimum atomic E-state index is -0.440. The smallest absolute Gasteiger partial charge is 0.293 e. The Labute approximate surface area is 191 Å². The van der Waals surface area contributed by atoms with Crippen LogP contribution < -0.4 is 4.90 Å². The zero-order valence-corrected chi connectivity index (χ0v) is 19.5. The molecular weight excluding hydrogens is 435 g/mol. The summed E-state index contributed by atoms with van der Waals surface area (Å²) in [5.41, 5.74) is 3.28. The van der Waals surface area contributed by atoms with Crippen LogP contribution in [0.4, 0.5) is 14.9 Å². The molecule has 0 N–H and O–H groups in total. The normalized spacial score (nSPS) is 21.7. The van der Waals surface area contributed by atoms with Crippen molar-refractivity contribution in [2.24, 2.45) is 0 Å². The van der Waals surface area contributed by atoms with Crippen molar-refractivity contribution in [2.45, 2.75) is 45.2 Å². The third kappa shape index (κ3) is 3.99. The summed E-state index contributed by atoms with van der Waals surface area (Å²) >= 11 is 7.43. The molecule has 1 atom stereocenters. The van der Waals surface area contributed by atoms with E-state index < -0.39 is 17.0 Å². The number of halogens is 2. The number of hydrogen-bond acceptors (Lipinski definition) is 4. The molecule has 7 heteroatoms. The molecule has 0 unspecified atom stereocenters. The highest BCUT2D eigenvalue weighted by atomic mass is 35.5. The Bertz CT molecular complexity index is 1110. The zero-order chi connectivity index (χ0) is 22.5. The van der Waals surface area contributed by atoms with Crippen molar-refractivity contribution in [2.75, 3.05) is 11.9 Å². The van der Waals surface area contributed by atoms with Gasteiger partial charge in [-0.05, 0) is 73.4 Å². The van der Waals surface area contributed by atoms with Gasteiger partial charge in [-0.3, -0.25) is 14.5 Å². The van der Waals surface area contributed by atoms with Crippen LogP contribution in [0.25, 0.3) is 6.08 Å². The van der Waals surface area contributed by atoms with E-state index in [2.05, 4.69) is 32.7 Å². The zero-order valence-electron chi connectivity index (χ0n) is 17.9. The van der Waals surface area contributed by atoms with Gasteiger partial charge in [0.2, 0.25) is 0 Å². The van der Waals surface area contributed by atoms with Crippen molar-refractivity contribution in [3.63, 3.8) is 0 Å². The first-order valence-electron chi connectivity index (χ1n) is 10.1. The molecule has 0 radical (unpaired) electrons. The highest BCUT2D eigenvalue weighted by Crippen LogP contribution is 2.45. The molecule has 2 amide bonds. The van der Waals surface area contributed by atoms with Gasteiger partial charge in [0.05, 0.1) is 11.4 Å². The van der Waals surface area contributed by atoms with Crippen LogP contribution in [0, 0.1) is 5.82 Å². The van der Waals surface area contributed by atoms with Gasteiger partial charge in [-0.25, -0.2) is 4.39 Å². The minimum Gasteiger partial charge on any atom is -0.369 e. The summed E-state index contributed by atoms with van der Waals surface area (Å²) in [5.74, 6) is -0.538. The van der Waals surface area contributed by atoms with Gasteiger partial charge in [0, 0.05) is 28.9 Å². The lowest BCUT2D eigenvalue weighted by Gasteiger charge is -2.45. The lowest BCUT2D eigenvalue weighted by atomic mass is 9.80. The number of fused-ring (bicyclic) bond motifs is 1. The number of rotatable bonds is 3. The number of carbonyl (C=O) groups is 2. The Hall–Kier alpha value is -2.31. The highest BCUT2D eigenvalue weighted by molar-refractivity contribution is 8.18. The van der Waals surface area contributed by atoms with Crippen molar-refractivity contribution >= 4 is 46.3 Å². The summed E-state index contributed by atoms with van der Waals surface area (Å²) < 4.78 is 14.0. The first-order valence-corrected chi connectivity index (χ1v) is 11.3. The average Bonchev–Trinajstić information content (AvgIpc) is 2.96. The molecule has 162 valence electrons. The topological polar surface area (TPSA) is 40.6 Å². The monoisotopic (exact) mass is 458 g/mol. The van der Waals surface area contributed by atoms with E-state index >= 15 is 0 Å². The van der Waals surface area contributed by atoms with Crippen molar-refractivity contribution in [3.05, 3.63) is 68.8 Å². The summed E-state index contributed by atoms with van der Waals surface area (Å²) in [4.78, 5) is 28.9. The maximum atomic E-state index is 14.0. The van der Waals surface area contributed by atoms with Crippen LogP contribution in [0.2, 0.25) is 5.02 Å². The van der Waals surface area contributed by atoms with Crippen LogP contribution in [0.3, 0.4) is 0 Å². The second-order valence-electron chi connectivity index (χ2n) is 8.77. The fourth-order valence-electron chi connectivity index (χ4n) is 4.29. The molecule has 4 nitrogen and oxygen atoms in total. The Morgan fingerprint density at radius 2 is 1.97 bits per heavy atom. The van der Waals surface area contributed by atoms with E-state index in [-0.39, 0.29) is 12.1 Å². The number of thioether (sulfide) groups is 1. The molecule has 2 aliphatic rings. The van der Waals surface area contributed by atoms with Crippen molar-refractivity contribution in [1.82, 2.24) is 4.90 Å². The minimum absolute atomic E-state index is 0.0205. The molecule has 4 rings (SSSR count). The van der Waals surface area contributed by atoms with E-state index in [9.17, 15) is 14.0 Å². The highest BCUT2D eigenvalue weighted by Gasteiger charge is 2.37. The van der Waals surface area contributed by atoms with E-state index in [0.29, 0.717) is 27.0 Å². The maximum Gasteiger partial charge on any atom is 0.293 e. The predicted octanol–water partition coefficient (Wildman–Crippen LogP) is 6.44. The lowest BCUT2D eigenvalue weighted by molar-refractivity contribution is -0.123. The third-order valence-corrected chi connectivity index (χ3v) is 7.43. The third-order valence-electron chi connectivity index (χ3n) is 6.20. The Balaban J connectivity index is 1.65. The predicted molar refractivity (Wildman–Crippen MR) is 125 cm³/mol. The van der Waals surface area contributed by atoms with Gasteiger partial charge in [0.25, 0.3) is 11.1 Å². The number of amides is 2. The Morgan fingerprint density at radius 3 is 2.68 bits per heavy atom. The van der Waals surface area contributed by atoms with Gasteiger partial charge in [0.15, 0.2) is 0 Å². The number of hydrogen-bond donors (Lipinski definition) is 0. The van der Waals surface area contributed by atoms with Gasteiger partial charge in [-0.2, -0.15) is 0 Å². The molecular formula is C24H24ClFN2O2S. The standard InChI is InChI=1S/C24H24ClFN2O2S/c1-14-12-24(2,3)27(4)20-11-18(25)16(9-17(14)20)10-21-22(29)28(23(30)31-21)13-15-7-5-6-8-19(15)26/h5-11,14H,12-13H2,1-4H3/b21-10-/t14-/m0/s1. The van der Waals surface area contributed by atoms with Gasteiger partial charge in [-0.1, -0.05) is 36.7 Å². The van der Waals surface area contributed by atoms with Crippen LogP contribution in [0.5, 0.6) is 0 Å². The van der Waals surface area contributed by atoms with Crippen LogP contribution >= 0.6 is 23.4 Å². The number of carbonyl (C=O) groups excluding carboxylic acids is 2. The maximum absolute atomic E-state index is 14.0. The molecule has 0 aromatic heterocycles. The van der Waals surface area contributed by atoms with Crippen LogP contribution in [-0.4, -0.2) is 28.6 Å². The summed E-state index contributed by atoms with van der Waals surface area (Å²) in [7, 11) is 2.06. The van der Waals surface area contributed by atoms with Crippen LogP contribution in [-0.2, 0) is 11.3 Å². The van der Waals surface area contributed by atoms with Gasteiger partial charge in [0.1, 0.15) is 5.82 Å². The molecule has 0 aliphatic carbocycles. The van der Waals surface area contributed by atoms with Gasteiger partial charge in [-0.15, -0.1) is 0 Å². The molecule has 0 saturated carbocycles. The van der Waals surface area contributed by atoms with Gasteiger partial charge < -0.3 is 4.90 Å². The summed E-state index contributed by atoms with van der Waals surface area (Å²) in [6.07, 6.45) is 2.66. The number of anilines is 1. The molecule has 0 spiro atoms. The van der Waals surface area contributed by atoms with E-state index in [1.165, 1.54) is 11.6 Å². The SMILES string of the molecule is C[C@H]1CC(C)(C)N(C)c2cc(Cl)c(/C=C3\SC(=O)N(Cc4ccccc4F)C3=O)cc21. The molecule has 2 heterocycles. The average molecular weight is 459 g/mol. The largest absolute Gasteiger partial charge is 0.369 e. The quantitative estimate of drug-likeness (QED) is 0.496. The van der Waals surface area contributed by atoms with E-state index in [0.717, 1.165) is 28.8 Å². The van der Waals surface area contributed by atoms with Crippen molar-refractivity contribution < 1.29 is 14.0 Å². The number of benzene rings is 2. The molecule has 1 fully saturated rings. The van der Waals surface area contributed by atoms with Crippen LogP contribution in [0.15, 0.2) is 41.3 Å². The van der Waals surface area contributed by atoms with Crippen molar-refractivity contribution in [1.29, 1.82) is 0 Å². The molecule has 0 bridgehead atoms. The fourth-order valence-corrected chi connectivity index (χ4v) is 5.33. The number of imide groups is 1. The molecule has 2 aromatic carbocycles. The number of nitrogens with zero attached hydrogens (tertiary/aromatic N) is 2. The Kier molecular flexibility index (Phi) is 5.64. The summed E-state index contributed by atoms with van der Waals surface area (Å²) in [6.45, 7) is 6.51. The molecule has 2 aromatic rings. The summed E-state index contributed by atoms with van der Waals surface area (Å²) in [6, 6.07) is 10.1. The van der Waals surface area contributed by atoms with E-state index in [1.807, 2.05) is 12.1 Å². The second kappa shape index (κ2) is 7.99. The first kappa shape index (κ1) is 21.9. The molecule has 31 heavy (non-hydrogen) atoms. The molecule has 2 aliphatic heterocycles. The first-order chi connectivity index (χ1) is 14.6.